The Labute approximate surface area is 201 Å². The lowest BCUT2D eigenvalue weighted by Gasteiger charge is -2.28. The number of nitrogens with two attached hydrogens (primary N) is 3. The Kier molecular flexibility index (Phi) is 9.11. The van der Waals surface area contributed by atoms with Gasteiger partial charge in [0.1, 0.15) is 23.4 Å². The van der Waals surface area contributed by atoms with Crippen LogP contribution in [0.1, 0.15) is 49.1 Å². The van der Waals surface area contributed by atoms with Crippen molar-refractivity contribution < 1.29 is 24.3 Å². The second-order valence-electron chi connectivity index (χ2n) is 8.14. The topological polar surface area (TPSA) is 228 Å². The molecule has 12 nitrogen and oxygen atoms in total. The van der Waals surface area contributed by atoms with Crippen LogP contribution in [-0.4, -0.2) is 50.1 Å². The lowest BCUT2D eigenvalue weighted by Crippen LogP contribution is -2.64. The van der Waals surface area contributed by atoms with Gasteiger partial charge in [-0.3, -0.25) is 25.5 Å². The number of aromatic nitrogens is 2. The molecule has 3 atom stereocenters. The molecule has 1 aromatic heterocycles. The fourth-order valence-electron chi connectivity index (χ4n) is 3.42. The van der Waals surface area contributed by atoms with Gasteiger partial charge in [-0.25, -0.2) is 14.8 Å². The number of aliphatic carboxylic acids is 1. The standard InChI is InChI=1S/C23H29N7O5/c1-2-6-15(20-28-11-14(12-29-20)18(24)25)21(33)30-23(27,22(34)35)10-17(31)16(19(26)32)9-13-7-4-3-5-8-13/h3-5,7-8,11-12,15-16H,2,6,9-10,27H2,1H3,(H3,24,25)(H2,26,32)(H,30,33)(H,34,35). The van der Waals surface area contributed by atoms with E-state index in [1.165, 1.54) is 12.4 Å². The number of amides is 2. The number of primary amides is 1. The van der Waals surface area contributed by atoms with E-state index in [0.29, 0.717) is 12.0 Å². The van der Waals surface area contributed by atoms with Gasteiger partial charge in [-0.2, -0.15) is 0 Å². The molecule has 2 aromatic rings. The van der Waals surface area contributed by atoms with Crippen molar-refractivity contribution in [3.8, 4) is 0 Å². The number of carboxylic acid groups (broad SMARTS) is 1. The van der Waals surface area contributed by atoms with Crippen LogP contribution in [0.3, 0.4) is 0 Å². The molecule has 186 valence electrons. The van der Waals surface area contributed by atoms with Crippen molar-refractivity contribution in [1.82, 2.24) is 15.3 Å². The molecule has 0 aliphatic carbocycles. The van der Waals surface area contributed by atoms with Crippen LogP contribution in [0, 0.1) is 11.3 Å². The van der Waals surface area contributed by atoms with Crippen molar-refractivity contribution in [3.63, 3.8) is 0 Å². The first-order valence-corrected chi connectivity index (χ1v) is 10.8. The zero-order valence-electron chi connectivity index (χ0n) is 19.2. The van der Waals surface area contributed by atoms with Crippen LogP contribution < -0.4 is 22.5 Å². The van der Waals surface area contributed by atoms with Crippen LogP contribution in [0.2, 0.25) is 0 Å². The van der Waals surface area contributed by atoms with Crippen molar-refractivity contribution >= 4 is 29.4 Å². The molecule has 0 radical (unpaired) electrons. The smallest absolute Gasteiger partial charge is 0.344 e. The fraction of sp³-hybridized carbons (Fsp3) is 0.348. The zero-order valence-corrected chi connectivity index (χ0v) is 19.2. The van der Waals surface area contributed by atoms with E-state index in [1.807, 2.05) is 6.92 Å². The predicted molar refractivity (Wildman–Crippen MR) is 126 cm³/mol. The molecule has 0 aliphatic heterocycles. The van der Waals surface area contributed by atoms with Crippen molar-refractivity contribution in [1.29, 1.82) is 5.41 Å². The van der Waals surface area contributed by atoms with Gasteiger partial charge >= 0.3 is 5.97 Å². The lowest BCUT2D eigenvalue weighted by atomic mass is 9.88. The molecule has 35 heavy (non-hydrogen) atoms. The number of rotatable bonds is 13. The minimum Gasteiger partial charge on any atom is -0.478 e. The highest BCUT2D eigenvalue weighted by Crippen LogP contribution is 2.21. The quantitative estimate of drug-likeness (QED) is 0.0957. The van der Waals surface area contributed by atoms with Gasteiger partial charge < -0.3 is 21.9 Å². The SMILES string of the molecule is CCCC(C(=O)NC(N)(CC(=O)C(Cc1ccccc1)C(N)=O)C(=O)O)c1ncc(C(=N)N)cn1. The summed E-state index contributed by atoms with van der Waals surface area (Å²) in [4.78, 5) is 58.0. The number of Topliss-reactive ketones (excluding diaryl/α,β-unsaturated/α-hetero) is 1. The minimum absolute atomic E-state index is 0.0343. The number of ketones is 1. The Hall–Kier alpha value is -4.19. The third-order valence-corrected chi connectivity index (χ3v) is 5.38. The highest BCUT2D eigenvalue weighted by atomic mass is 16.4. The summed E-state index contributed by atoms with van der Waals surface area (Å²) in [5, 5.41) is 19.4. The van der Waals surface area contributed by atoms with E-state index >= 15 is 0 Å². The molecule has 9 N–H and O–H groups in total. The molecule has 0 aliphatic rings. The van der Waals surface area contributed by atoms with Crippen LogP contribution >= 0.6 is 0 Å². The van der Waals surface area contributed by atoms with Gasteiger partial charge in [0.2, 0.25) is 11.8 Å². The number of carbonyl (C=O) groups excluding carboxylic acids is 3. The maximum atomic E-state index is 13.0. The summed E-state index contributed by atoms with van der Waals surface area (Å²) in [6.45, 7) is 1.81. The molecule has 2 rings (SSSR count). The summed E-state index contributed by atoms with van der Waals surface area (Å²) >= 11 is 0. The fourth-order valence-corrected chi connectivity index (χ4v) is 3.42. The Morgan fingerprint density at radius 3 is 2.20 bits per heavy atom. The summed E-state index contributed by atoms with van der Waals surface area (Å²) in [5.41, 5.74) is 15.2. The summed E-state index contributed by atoms with van der Waals surface area (Å²) in [6.07, 6.45) is 2.44. The van der Waals surface area contributed by atoms with E-state index in [-0.39, 0.29) is 30.1 Å². The van der Waals surface area contributed by atoms with Crippen molar-refractivity contribution in [3.05, 3.63) is 59.7 Å². The molecule has 1 aromatic carbocycles. The summed E-state index contributed by atoms with van der Waals surface area (Å²) < 4.78 is 0. The molecule has 0 spiro atoms. The van der Waals surface area contributed by atoms with E-state index in [9.17, 15) is 24.3 Å². The predicted octanol–water partition coefficient (Wildman–Crippen LogP) is -0.196. The highest BCUT2D eigenvalue weighted by Gasteiger charge is 2.42. The van der Waals surface area contributed by atoms with Gasteiger partial charge in [0.15, 0.2) is 5.66 Å². The monoisotopic (exact) mass is 483 g/mol. The molecular weight excluding hydrogens is 454 g/mol. The largest absolute Gasteiger partial charge is 0.478 e. The van der Waals surface area contributed by atoms with Gasteiger partial charge in [0, 0.05) is 12.4 Å². The van der Waals surface area contributed by atoms with Crippen LogP contribution in [0.5, 0.6) is 0 Å². The van der Waals surface area contributed by atoms with Crippen LogP contribution in [0.4, 0.5) is 0 Å². The maximum Gasteiger partial charge on any atom is 0.344 e. The molecule has 0 bridgehead atoms. The number of hydrogen-bond donors (Lipinski definition) is 6. The number of hydrogen-bond acceptors (Lipinski definition) is 8. The van der Waals surface area contributed by atoms with Gasteiger partial charge in [-0.05, 0) is 18.4 Å². The van der Waals surface area contributed by atoms with E-state index in [0.717, 1.165) is 0 Å². The zero-order chi connectivity index (χ0) is 26.2. The molecule has 3 unspecified atom stereocenters. The normalized spacial score (nSPS) is 14.2. The summed E-state index contributed by atoms with van der Waals surface area (Å²) in [7, 11) is 0. The van der Waals surface area contributed by atoms with Gasteiger partial charge in [0.05, 0.1) is 17.9 Å². The third-order valence-electron chi connectivity index (χ3n) is 5.38. The van der Waals surface area contributed by atoms with Crippen molar-refractivity contribution in [2.45, 2.75) is 44.2 Å². The molecule has 12 heteroatoms. The Bertz CT molecular complexity index is 1090. The average molecular weight is 484 g/mol. The second kappa shape index (κ2) is 11.8. The highest BCUT2D eigenvalue weighted by molar-refractivity contribution is 6.03. The first-order chi connectivity index (χ1) is 16.5. The average Bonchev–Trinajstić information content (AvgIpc) is 2.81. The van der Waals surface area contributed by atoms with E-state index in [2.05, 4.69) is 15.3 Å². The van der Waals surface area contributed by atoms with Gasteiger partial charge in [-0.1, -0.05) is 43.7 Å². The lowest BCUT2D eigenvalue weighted by molar-refractivity contribution is -0.150. The first-order valence-electron chi connectivity index (χ1n) is 10.8. The number of nitrogens with zero attached hydrogens (tertiary/aromatic N) is 2. The third kappa shape index (κ3) is 7.14. The Balaban J connectivity index is 2.25. The van der Waals surface area contributed by atoms with E-state index in [1.54, 1.807) is 30.3 Å². The Morgan fingerprint density at radius 2 is 1.71 bits per heavy atom. The maximum absolute atomic E-state index is 13.0. The molecule has 0 saturated carbocycles. The number of nitrogens with one attached hydrogen (secondary N) is 2. The number of benzene rings is 1. The van der Waals surface area contributed by atoms with Gasteiger partial charge in [-0.15, -0.1) is 0 Å². The van der Waals surface area contributed by atoms with Gasteiger partial charge in [0.25, 0.3) is 0 Å². The van der Waals surface area contributed by atoms with Crippen LogP contribution in [0.15, 0.2) is 42.7 Å². The number of amidine groups is 1. The van der Waals surface area contributed by atoms with E-state index in [4.69, 9.17) is 22.6 Å². The molecular formula is C23H29N7O5. The first kappa shape index (κ1) is 27.1. The number of carbonyl (C=O) groups is 4. The number of carboxylic acids is 1. The molecule has 0 saturated heterocycles. The second-order valence-corrected chi connectivity index (χ2v) is 8.14. The van der Waals surface area contributed by atoms with Crippen molar-refractivity contribution in [2.24, 2.45) is 23.1 Å². The molecule has 1 heterocycles. The molecule has 0 fully saturated rings. The summed E-state index contributed by atoms with van der Waals surface area (Å²) in [6, 6.07) is 8.61. The van der Waals surface area contributed by atoms with Crippen LogP contribution in [0.25, 0.3) is 0 Å². The van der Waals surface area contributed by atoms with Crippen LogP contribution in [-0.2, 0) is 25.6 Å². The minimum atomic E-state index is -2.50. The van der Waals surface area contributed by atoms with Crippen molar-refractivity contribution in [2.75, 3.05) is 0 Å². The molecule has 2 amide bonds. The Morgan fingerprint density at radius 1 is 1.11 bits per heavy atom. The number of nitrogen functional groups attached to an aromatic ring is 1. The summed E-state index contributed by atoms with van der Waals surface area (Å²) in [5.74, 6) is -6.70. The van der Waals surface area contributed by atoms with E-state index < -0.39 is 47.5 Å².